The lowest BCUT2D eigenvalue weighted by Gasteiger charge is -2.28. The molecule has 64 heavy (non-hydrogen) atoms. The van der Waals surface area contributed by atoms with Crippen molar-refractivity contribution < 1.29 is 68.1 Å². The van der Waals surface area contributed by atoms with Crippen molar-refractivity contribution in [2.75, 3.05) is 6.54 Å². The summed E-state index contributed by atoms with van der Waals surface area (Å²) in [5.74, 6) is -11.6. The summed E-state index contributed by atoms with van der Waals surface area (Å²) in [4.78, 5) is 137. The Labute approximate surface area is 374 Å². The lowest BCUT2D eigenvalue weighted by atomic mass is 9.99. The van der Waals surface area contributed by atoms with Crippen molar-refractivity contribution in [3.63, 3.8) is 0 Å². The summed E-state index contributed by atoms with van der Waals surface area (Å²) in [6, 6.07) is -8.11. The van der Waals surface area contributed by atoms with E-state index in [2.05, 4.69) is 44.1 Å². The van der Waals surface area contributed by atoms with Crippen molar-refractivity contribution in [3.8, 4) is 0 Å². The molecule has 0 fully saturated rings. The molecule has 0 radical (unpaired) electrons. The minimum atomic E-state index is -1.66. The minimum absolute atomic E-state index is 0.258. The second-order valence-electron chi connectivity index (χ2n) is 16.5. The van der Waals surface area contributed by atoms with Crippen LogP contribution in [0.2, 0.25) is 0 Å². The first-order valence-electron chi connectivity index (χ1n) is 22.0. The number of carbonyl (C=O) groups is 11. The molecule has 22 heteroatoms. The van der Waals surface area contributed by atoms with Crippen LogP contribution in [0.15, 0.2) is 0 Å². The third-order valence-electron chi connectivity index (χ3n) is 10.1. The number of nitrogens with two attached hydrogens (primary N) is 1. The maximum Gasteiger partial charge on any atom is 0.303 e. The Morgan fingerprint density at radius 2 is 0.844 bits per heavy atom. The van der Waals surface area contributed by atoms with Crippen LogP contribution in [-0.4, -0.2) is 123 Å². The second-order valence-corrected chi connectivity index (χ2v) is 16.5. The standard InChI is InChI=1S/C42H72N8O14/c1-7-8-9-10-11-12-13-14-15-16-30(51)49-35(24(2)3)42(64)50-36(25(4)5)41(63)45-26(6)38(60)44-23-31(52)46-28(18-21-33(55)56)39(61)48-29(19-22-34(57)58)40(62)47-27(37(43)59)17-20-32(53)54/h24-29,35-36H,7-23H2,1-6H3,(H2,43,59)(H,44,60)(H,45,63)(H,46,52)(H,47,62)(H,48,61)(H,49,51)(H,50,64)(H,53,54)(H,55,56)(H,57,58)/t26-,27-,28-,29-,35-,36-/m0/s1. The van der Waals surface area contributed by atoms with Crippen molar-refractivity contribution in [2.45, 2.75) is 181 Å². The third kappa shape index (κ3) is 25.9. The molecule has 0 unspecified atom stereocenters. The van der Waals surface area contributed by atoms with Gasteiger partial charge in [-0.3, -0.25) is 52.7 Å². The Balaban J connectivity index is 5.52. The number of carboxylic acid groups (broad SMARTS) is 3. The van der Waals surface area contributed by atoms with Gasteiger partial charge in [0.15, 0.2) is 0 Å². The van der Waals surface area contributed by atoms with E-state index in [9.17, 15) is 63.0 Å². The normalized spacial score (nSPS) is 13.8. The highest BCUT2D eigenvalue weighted by molar-refractivity contribution is 5.97. The van der Waals surface area contributed by atoms with E-state index in [1.165, 1.54) is 39.0 Å². The van der Waals surface area contributed by atoms with Gasteiger partial charge in [0.05, 0.1) is 6.54 Å². The van der Waals surface area contributed by atoms with Gasteiger partial charge in [0, 0.05) is 25.7 Å². The topological polar surface area (TPSA) is 359 Å². The number of primary amides is 1. The minimum Gasteiger partial charge on any atom is -0.481 e. The highest BCUT2D eigenvalue weighted by Crippen LogP contribution is 2.12. The average Bonchev–Trinajstić information content (AvgIpc) is 3.20. The number of rotatable bonds is 35. The fraction of sp³-hybridized carbons (Fsp3) is 0.738. The van der Waals surface area contributed by atoms with Crippen LogP contribution in [0, 0.1) is 11.8 Å². The van der Waals surface area contributed by atoms with Gasteiger partial charge in [-0.2, -0.15) is 0 Å². The Morgan fingerprint density at radius 3 is 1.30 bits per heavy atom. The van der Waals surface area contributed by atoms with Gasteiger partial charge < -0.3 is 58.3 Å². The maximum atomic E-state index is 13.4. The number of carboxylic acids is 3. The molecule has 0 aromatic carbocycles. The van der Waals surface area contributed by atoms with Crippen LogP contribution in [-0.2, 0) is 52.7 Å². The predicted molar refractivity (Wildman–Crippen MR) is 232 cm³/mol. The molecule has 0 saturated carbocycles. The SMILES string of the molecule is CCCCCCCCCCCC(=O)N[C@H](C(=O)N[C@H](C(=O)N[C@@H](C)C(=O)NCC(=O)N[C@@H](CCC(=O)O)C(=O)N[C@@H](CCC(=O)O)C(=O)N[C@@H](CCC(=O)O)C(N)=O)C(C)C)C(C)C. The first-order valence-corrected chi connectivity index (χ1v) is 22.0. The Bertz CT molecular complexity index is 1590. The molecule has 0 aliphatic carbocycles. The third-order valence-corrected chi connectivity index (χ3v) is 10.1. The quantitative estimate of drug-likeness (QED) is 0.0382. The largest absolute Gasteiger partial charge is 0.481 e. The molecule has 0 aromatic rings. The van der Waals surface area contributed by atoms with E-state index in [1.807, 2.05) is 0 Å². The molecule has 0 aliphatic heterocycles. The van der Waals surface area contributed by atoms with Gasteiger partial charge in [0.2, 0.25) is 47.3 Å². The number of amides is 8. The first kappa shape index (κ1) is 58.2. The van der Waals surface area contributed by atoms with Crippen LogP contribution in [0.1, 0.15) is 144 Å². The van der Waals surface area contributed by atoms with E-state index >= 15 is 0 Å². The molecule has 0 aliphatic rings. The molecule has 0 bridgehead atoms. The Hall–Kier alpha value is -5.83. The second kappa shape index (κ2) is 31.9. The van der Waals surface area contributed by atoms with Gasteiger partial charge in [-0.05, 0) is 44.4 Å². The molecule has 12 N–H and O–H groups in total. The number of aliphatic carboxylic acids is 3. The van der Waals surface area contributed by atoms with Crippen LogP contribution in [0.5, 0.6) is 0 Å². The van der Waals surface area contributed by atoms with Crippen molar-refractivity contribution in [2.24, 2.45) is 17.6 Å². The molecule has 8 amide bonds. The fourth-order valence-electron chi connectivity index (χ4n) is 6.26. The molecular formula is C42H72N8O14. The molecule has 0 aromatic heterocycles. The van der Waals surface area contributed by atoms with E-state index in [0.29, 0.717) is 6.42 Å². The molecule has 364 valence electrons. The molecule has 22 nitrogen and oxygen atoms in total. The van der Waals surface area contributed by atoms with Gasteiger partial charge in [-0.1, -0.05) is 86.0 Å². The maximum absolute atomic E-state index is 13.4. The van der Waals surface area contributed by atoms with Gasteiger partial charge in [-0.25, -0.2) is 0 Å². The molecule has 0 rings (SSSR count). The predicted octanol–water partition coefficient (Wildman–Crippen LogP) is 0.344. The van der Waals surface area contributed by atoms with Crippen molar-refractivity contribution in [1.82, 2.24) is 37.2 Å². The monoisotopic (exact) mass is 913 g/mol. The summed E-state index contributed by atoms with van der Waals surface area (Å²) < 4.78 is 0. The summed E-state index contributed by atoms with van der Waals surface area (Å²) in [6.45, 7) is 9.56. The van der Waals surface area contributed by atoms with Crippen LogP contribution in [0.4, 0.5) is 0 Å². The summed E-state index contributed by atoms with van der Waals surface area (Å²) in [7, 11) is 0. The number of hydrogen-bond acceptors (Lipinski definition) is 11. The Kier molecular flexibility index (Phi) is 29.0. The Morgan fingerprint density at radius 1 is 0.438 bits per heavy atom. The van der Waals surface area contributed by atoms with Crippen LogP contribution in [0.25, 0.3) is 0 Å². The van der Waals surface area contributed by atoms with Crippen LogP contribution in [0.3, 0.4) is 0 Å². The fourth-order valence-corrected chi connectivity index (χ4v) is 6.26. The zero-order valence-electron chi connectivity index (χ0n) is 38.0. The highest BCUT2D eigenvalue weighted by Gasteiger charge is 2.33. The number of hydrogen-bond donors (Lipinski definition) is 11. The van der Waals surface area contributed by atoms with Gasteiger partial charge >= 0.3 is 17.9 Å². The van der Waals surface area contributed by atoms with Crippen molar-refractivity contribution in [1.29, 1.82) is 0 Å². The van der Waals surface area contributed by atoms with E-state index < -0.39 is 146 Å². The number of unbranched alkanes of at least 4 members (excludes halogenated alkanes) is 8. The summed E-state index contributed by atoms with van der Waals surface area (Å²) in [5.41, 5.74) is 5.25. The van der Waals surface area contributed by atoms with Crippen molar-refractivity contribution >= 4 is 65.2 Å². The van der Waals surface area contributed by atoms with Crippen LogP contribution < -0.4 is 43.0 Å². The van der Waals surface area contributed by atoms with Gasteiger partial charge in [0.1, 0.15) is 36.3 Å². The van der Waals surface area contributed by atoms with E-state index in [4.69, 9.17) is 10.8 Å². The molecule has 0 heterocycles. The molecule has 0 saturated heterocycles. The van der Waals surface area contributed by atoms with E-state index in [0.717, 1.165) is 19.3 Å². The molecular weight excluding hydrogens is 841 g/mol. The summed E-state index contributed by atoms with van der Waals surface area (Å²) >= 11 is 0. The summed E-state index contributed by atoms with van der Waals surface area (Å²) in [5, 5.41) is 44.2. The van der Waals surface area contributed by atoms with Crippen LogP contribution >= 0.6 is 0 Å². The van der Waals surface area contributed by atoms with Crippen molar-refractivity contribution in [3.05, 3.63) is 0 Å². The number of nitrogens with one attached hydrogen (secondary N) is 7. The zero-order chi connectivity index (χ0) is 48.9. The molecule has 0 spiro atoms. The van der Waals surface area contributed by atoms with E-state index in [-0.39, 0.29) is 18.2 Å². The lowest BCUT2D eigenvalue weighted by Crippen LogP contribution is -2.59. The first-order chi connectivity index (χ1) is 30.0. The highest BCUT2D eigenvalue weighted by atomic mass is 16.4. The van der Waals surface area contributed by atoms with Gasteiger partial charge in [0.25, 0.3) is 0 Å². The lowest BCUT2D eigenvalue weighted by molar-refractivity contribution is -0.140. The zero-order valence-corrected chi connectivity index (χ0v) is 38.0. The van der Waals surface area contributed by atoms with Gasteiger partial charge in [-0.15, -0.1) is 0 Å². The smallest absolute Gasteiger partial charge is 0.303 e. The number of carbonyl (C=O) groups excluding carboxylic acids is 8. The average molecular weight is 913 g/mol. The summed E-state index contributed by atoms with van der Waals surface area (Å²) in [6.07, 6.45) is 6.67. The molecule has 6 atom stereocenters. The van der Waals surface area contributed by atoms with E-state index in [1.54, 1.807) is 27.7 Å².